The van der Waals surface area contributed by atoms with Crippen LogP contribution in [-0.2, 0) is 5.41 Å². The summed E-state index contributed by atoms with van der Waals surface area (Å²) in [5.41, 5.74) is 16.8. The number of fused-ring (bicyclic) bond motifs is 5. The van der Waals surface area contributed by atoms with E-state index < -0.39 is 0 Å². The molecular formula is C49H34N4. The maximum atomic E-state index is 5.14. The lowest BCUT2D eigenvalue weighted by Gasteiger charge is -2.24. The Kier molecular flexibility index (Phi) is 7.12. The molecule has 10 rings (SSSR count). The van der Waals surface area contributed by atoms with Crippen LogP contribution >= 0.6 is 0 Å². The van der Waals surface area contributed by atoms with Gasteiger partial charge in [0.1, 0.15) is 0 Å². The van der Waals surface area contributed by atoms with Crippen molar-refractivity contribution in [2.24, 2.45) is 0 Å². The van der Waals surface area contributed by atoms with E-state index in [-0.39, 0.29) is 5.41 Å². The highest BCUT2D eigenvalue weighted by Crippen LogP contribution is 2.52. The number of hydrogen-bond donors (Lipinski definition) is 0. The molecular weight excluding hydrogens is 645 g/mol. The summed E-state index contributed by atoms with van der Waals surface area (Å²) in [5.74, 6) is 0.678. The third-order valence-electron chi connectivity index (χ3n) is 10.8. The van der Waals surface area contributed by atoms with Gasteiger partial charge in [-0.2, -0.15) is 0 Å². The number of nitrogens with zero attached hydrogens (tertiary/aromatic N) is 4. The third-order valence-corrected chi connectivity index (χ3v) is 10.8. The van der Waals surface area contributed by atoms with Crippen molar-refractivity contribution in [2.75, 3.05) is 0 Å². The minimum Gasteiger partial charge on any atom is -0.256 e. The van der Waals surface area contributed by atoms with Crippen molar-refractivity contribution >= 4 is 21.8 Å². The van der Waals surface area contributed by atoms with E-state index in [2.05, 4.69) is 169 Å². The number of rotatable bonds is 5. The van der Waals surface area contributed by atoms with Crippen molar-refractivity contribution in [1.82, 2.24) is 19.9 Å². The van der Waals surface area contributed by atoms with Gasteiger partial charge in [0.15, 0.2) is 5.82 Å². The minimum absolute atomic E-state index is 0.0823. The first-order chi connectivity index (χ1) is 26.0. The normalized spacial score (nSPS) is 12.9. The molecule has 3 heterocycles. The van der Waals surface area contributed by atoms with Crippen molar-refractivity contribution in [2.45, 2.75) is 19.3 Å². The predicted molar refractivity (Wildman–Crippen MR) is 217 cm³/mol. The number of hydrogen-bond acceptors (Lipinski definition) is 4. The van der Waals surface area contributed by atoms with Crippen LogP contribution in [0, 0.1) is 0 Å². The molecule has 0 fully saturated rings. The molecule has 0 radical (unpaired) electrons. The lowest BCUT2D eigenvalue weighted by molar-refractivity contribution is 0.662. The molecule has 9 aromatic rings. The van der Waals surface area contributed by atoms with E-state index in [1.807, 2.05) is 24.5 Å². The lowest BCUT2D eigenvalue weighted by Crippen LogP contribution is -2.16. The second kappa shape index (κ2) is 12.2. The number of aromatic nitrogens is 4. The van der Waals surface area contributed by atoms with Crippen LogP contribution in [0.15, 0.2) is 170 Å². The molecule has 6 aromatic carbocycles. The van der Waals surface area contributed by atoms with E-state index in [1.54, 1.807) is 0 Å². The molecule has 1 aliphatic carbocycles. The zero-order chi connectivity index (χ0) is 35.5. The summed E-state index contributed by atoms with van der Waals surface area (Å²) in [6.07, 6.45) is 3.65. The van der Waals surface area contributed by atoms with Gasteiger partial charge < -0.3 is 0 Å². The highest BCUT2D eigenvalue weighted by molar-refractivity contribution is 5.90. The van der Waals surface area contributed by atoms with E-state index in [0.29, 0.717) is 5.82 Å². The Labute approximate surface area is 308 Å². The van der Waals surface area contributed by atoms with Gasteiger partial charge >= 0.3 is 0 Å². The minimum atomic E-state index is -0.0823. The van der Waals surface area contributed by atoms with Gasteiger partial charge in [0, 0.05) is 45.3 Å². The van der Waals surface area contributed by atoms with Crippen LogP contribution in [0.5, 0.6) is 0 Å². The number of benzene rings is 6. The van der Waals surface area contributed by atoms with Crippen molar-refractivity contribution in [3.8, 4) is 67.3 Å². The molecule has 53 heavy (non-hydrogen) atoms. The molecule has 4 nitrogen and oxygen atoms in total. The Morgan fingerprint density at radius 1 is 0.396 bits per heavy atom. The Balaban J connectivity index is 1.04. The fourth-order valence-electron chi connectivity index (χ4n) is 8.11. The first-order valence-electron chi connectivity index (χ1n) is 18.0. The van der Waals surface area contributed by atoms with Crippen molar-refractivity contribution in [3.63, 3.8) is 0 Å². The average molecular weight is 679 g/mol. The highest BCUT2D eigenvalue weighted by atomic mass is 14.9. The van der Waals surface area contributed by atoms with Crippen molar-refractivity contribution in [1.29, 1.82) is 0 Å². The molecule has 0 N–H and O–H groups in total. The zero-order valence-electron chi connectivity index (χ0n) is 29.5. The smallest absolute Gasteiger partial charge is 0.160 e. The van der Waals surface area contributed by atoms with Crippen LogP contribution in [0.4, 0.5) is 0 Å². The Hall–Kier alpha value is -6.78. The molecule has 0 amide bonds. The fourth-order valence-corrected chi connectivity index (χ4v) is 8.11. The summed E-state index contributed by atoms with van der Waals surface area (Å²) in [7, 11) is 0. The predicted octanol–water partition coefficient (Wildman–Crippen LogP) is 12.2. The molecule has 0 atom stereocenters. The molecule has 0 bridgehead atoms. The zero-order valence-corrected chi connectivity index (χ0v) is 29.5. The van der Waals surface area contributed by atoms with Crippen LogP contribution in [0.25, 0.3) is 89.1 Å². The summed E-state index contributed by atoms with van der Waals surface area (Å²) >= 11 is 0. The van der Waals surface area contributed by atoms with Crippen LogP contribution in [0.2, 0.25) is 0 Å². The largest absolute Gasteiger partial charge is 0.256 e. The van der Waals surface area contributed by atoms with Gasteiger partial charge in [-0.15, -0.1) is 0 Å². The third kappa shape index (κ3) is 5.30. The van der Waals surface area contributed by atoms with Crippen LogP contribution in [-0.4, -0.2) is 19.9 Å². The molecule has 250 valence electrons. The summed E-state index contributed by atoms with van der Waals surface area (Å²) < 4.78 is 0. The van der Waals surface area contributed by atoms with Gasteiger partial charge in [-0.05, 0) is 93.0 Å². The standard InChI is InChI=1S/C49H34N4/c1-49(2)42-16-4-3-13-40(42)41-15-6-14-39(47(41)49)34-10-5-9-33(27-34)31-17-19-32(20-18-31)48-52-45(37-21-23-43-35(28-37)11-7-25-50-43)30-46(53-48)38-22-24-44-36(29-38)12-8-26-51-44/h3-30H,1-2H3. The first kappa shape index (κ1) is 31.0. The van der Waals surface area contributed by atoms with Gasteiger partial charge in [-0.3, -0.25) is 9.97 Å². The van der Waals surface area contributed by atoms with Gasteiger partial charge in [0.05, 0.1) is 22.4 Å². The van der Waals surface area contributed by atoms with E-state index >= 15 is 0 Å². The van der Waals surface area contributed by atoms with Crippen LogP contribution < -0.4 is 0 Å². The monoisotopic (exact) mass is 678 g/mol. The van der Waals surface area contributed by atoms with Crippen molar-refractivity contribution < 1.29 is 0 Å². The number of pyridine rings is 2. The van der Waals surface area contributed by atoms with Gasteiger partial charge in [-0.25, -0.2) is 9.97 Å². The highest BCUT2D eigenvalue weighted by Gasteiger charge is 2.37. The van der Waals surface area contributed by atoms with E-state index in [4.69, 9.17) is 9.97 Å². The van der Waals surface area contributed by atoms with E-state index in [9.17, 15) is 0 Å². The molecule has 0 unspecified atom stereocenters. The summed E-state index contributed by atoms with van der Waals surface area (Å²) in [6.45, 7) is 4.70. The maximum Gasteiger partial charge on any atom is 0.160 e. The van der Waals surface area contributed by atoms with Gasteiger partial charge in [0.2, 0.25) is 0 Å². The molecule has 0 spiro atoms. The molecule has 0 aliphatic heterocycles. The molecule has 0 saturated carbocycles. The van der Waals surface area contributed by atoms with E-state index in [0.717, 1.165) is 55.4 Å². The summed E-state index contributed by atoms with van der Waals surface area (Å²) in [4.78, 5) is 19.3. The first-order valence-corrected chi connectivity index (χ1v) is 18.0. The van der Waals surface area contributed by atoms with Gasteiger partial charge in [-0.1, -0.05) is 123 Å². The second-order valence-corrected chi connectivity index (χ2v) is 14.3. The average Bonchev–Trinajstić information content (AvgIpc) is 3.46. The Morgan fingerprint density at radius 3 is 1.66 bits per heavy atom. The summed E-state index contributed by atoms with van der Waals surface area (Å²) in [6, 6.07) is 55.9. The Bertz CT molecular complexity index is 2770. The maximum absolute atomic E-state index is 5.14. The molecule has 1 aliphatic rings. The van der Waals surface area contributed by atoms with Crippen LogP contribution in [0.3, 0.4) is 0 Å². The fraction of sp³-hybridized carbons (Fsp3) is 0.0612. The molecule has 3 aromatic heterocycles. The van der Waals surface area contributed by atoms with Gasteiger partial charge in [0.25, 0.3) is 0 Å². The summed E-state index contributed by atoms with van der Waals surface area (Å²) in [5, 5.41) is 2.15. The topological polar surface area (TPSA) is 51.6 Å². The SMILES string of the molecule is CC1(C)c2ccccc2-c2cccc(-c3cccc(-c4ccc(-c5nc(-c6ccc7ncccc7c6)cc(-c6ccc7ncccc7c6)n5)cc4)c3)c21. The quantitative estimate of drug-likeness (QED) is 0.182. The van der Waals surface area contributed by atoms with Crippen molar-refractivity contribution in [3.05, 3.63) is 181 Å². The van der Waals surface area contributed by atoms with Crippen LogP contribution in [0.1, 0.15) is 25.0 Å². The molecule has 0 saturated heterocycles. The van der Waals surface area contributed by atoms with E-state index in [1.165, 1.54) is 38.9 Å². The molecule has 4 heteroatoms. The second-order valence-electron chi connectivity index (χ2n) is 14.3. The lowest BCUT2D eigenvalue weighted by atomic mass is 9.78. The Morgan fingerprint density at radius 2 is 0.962 bits per heavy atom.